The van der Waals surface area contributed by atoms with Crippen LogP contribution in [0, 0.1) is 0 Å². The minimum absolute atomic E-state index is 0.118. The van der Waals surface area contributed by atoms with Crippen molar-refractivity contribution in [2.24, 2.45) is 0 Å². The third kappa shape index (κ3) is 5.41. The number of benzene rings is 2. The van der Waals surface area contributed by atoms with Crippen LogP contribution < -0.4 is 20.3 Å². The van der Waals surface area contributed by atoms with E-state index in [2.05, 4.69) is 20.3 Å². The SMILES string of the molecule is CN1CCc2cc(C(O)CNC(=O)C(=O)Nc3ccc(OC(F)(F)F)cc3)ccc21. The number of carbonyl (C=O) groups excluding carboxylic acids is 2. The van der Waals surface area contributed by atoms with Gasteiger partial charge in [-0.25, -0.2) is 0 Å². The Balaban J connectivity index is 1.50. The van der Waals surface area contributed by atoms with Gasteiger partial charge in [-0.05, 0) is 47.9 Å². The van der Waals surface area contributed by atoms with Gasteiger partial charge in [0.1, 0.15) is 5.75 Å². The lowest BCUT2D eigenvalue weighted by molar-refractivity contribution is -0.274. The van der Waals surface area contributed by atoms with Crippen molar-refractivity contribution in [1.29, 1.82) is 0 Å². The van der Waals surface area contributed by atoms with E-state index >= 15 is 0 Å². The van der Waals surface area contributed by atoms with Crippen LogP contribution in [0.5, 0.6) is 5.75 Å². The Morgan fingerprint density at radius 1 is 1.17 bits per heavy atom. The first kappa shape index (κ1) is 21.4. The van der Waals surface area contributed by atoms with E-state index in [-0.39, 0.29) is 12.2 Å². The maximum absolute atomic E-state index is 12.1. The highest BCUT2D eigenvalue weighted by atomic mass is 19.4. The number of halogens is 3. The average molecular weight is 423 g/mol. The largest absolute Gasteiger partial charge is 0.573 e. The van der Waals surface area contributed by atoms with Gasteiger partial charge in [-0.3, -0.25) is 9.59 Å². The number of amides is 2. The summed E-state index contributed by atoms with van der Waals surface area (Å²) in [4.78, 5) is 26.0. The highest BCUT2D eigenvalue weighted by molar-refractivity contribution is 6.39. The number of alkyl halides is 3. The summed E-state index contributed by atoms with van der Waals surface area (Å²) < 4.78 is 40.2. The molecule has 1 heterocycles. The molecule has 7 nitrogen and oxygen atoms in total. The third-order valence-corrected chi connectivity index (χ3v) is 4.62. The molecule has 1 atom stereocenters. The summed E-state index contributed by atoms with van der Waals surface area (Å²) in [5.41, 5.74) is 2.95. The minimum Gasteiger partial charge on any atom is -0.406 e. The van der Waals surface area contributed by atoms with Crippen molar-refractivity contribution in [3.8, 4) is 5.75 Å². The van der Waals surface area contributed by atoms with Gasteiger partial charge in [-0.15, -0.1) is 13.2 Å². The lowest BCUT2D eigenvalue weighted by Gasteiger charge is -2.15. The van der Waals surface area contributed by atoms with Gasteiger partial charge in [0.2, 0.25) is 0 Å². The molecule has 0 aromatic heterocycles. The van der Waals surface area contributed by atoms with Crippen LogP contribution in [0.2, 0.25) is 0 Å². The molecule has 0 radical (unpaired) electrons. The van der Waals surface area contributed by atoms with Crippen molar-refractivity contribution in [3.63, 3.8) is 0 Å². The average Bonchev–Trinajstić information content (AvgIpc) is 3.06. The predicted octanol–water partition coefficient (Wildman–Crippen LogP) is 2.37. The molecule has 160 valence electrons. The third-order valence-electron chi connectivity index (χ3n) is 4.62. The molecule has 0 spiro atoms. The Morgan fingerprint density at radius 2 is 1.87 bits per heavy atom. The first-order valence-corrected chi connectivity index (χ1v) is 9.09. The molecular formula is C20H20F3N3O4. The molecule has 2 aromatic carbocycles. The molecule has 10 heteroatoms. The maximum atomic E-state index is 12.1. The van der Waals surface area contributed by atoms with Gasteiger partial charge in [-0.1, -0.05) is 12.1 Å². The highest BCUT2D eigenvalue weighted by Gasteiger charge is 2.31. The molecule has 0 bridgehead atoms. The standard InChI is InChI=1S/C20H20F3N3O4/c1-26-9-8-12-10-13(2-7-16(12)26)17(27)11-24-18(28)19(29)25-14-3-5-15(6-4-14)30-20(21,22)23/h2-7,10,17,27H,8-9,11H2,1H3,(H,24,28)(H,25,29). The van der Waals surface area contributed by atoms with E-state index in [0.29, 0.717) is 5.56 Å². The predicted molar refractivity (Wildman–Crippen MR) is 103 cm³/mol. The molecule has 0 fully saturated rings. The normalized spacial score (nSPS) is 14.1. The first-order valence-electron chi connectivity index (χ1n) is 9.09. The van der Waals surface area contributed by atoms with Gasteiger partial charge in [0.25, 0.3) is 0 Å². The fraction of sp³-hybridized carbons (Fsp3) is 0.300. The molecular weight excluding hydrogens is 403 g/mol. The Morgan fingerprint density at radius 3 is 2.53 bits per heavy atom. The number of anilines is 2. The Hall–Kier alpha value is -3.27. The number of rotatable bonds is 5. The van der Waals surface area contributed by atoms with Gasteiger partial charge >= 0.3 is 18.2 Å². The van der Waals surface area contributed by atoms with Crippen molar-refractivity contribution >= 4 is 23.2 Å². The lowest BCUT2D eigenvalue weighted by atomic mass is 10.0. The number of hydrogen-bond donors (Lipinski definition) is 3. The van der Waals surface area contributed by atoms with Crippen molar-refractivity contribution in [3.05, 3.63) is 53.6 Å². The zero-order valence-electron chi connectivity index (χ0n) is 16.0. The number of aliphatic hydroxyl groups is 1. The van der Waals surface area contributed by atoms with Crippen molar-refractivity contribution in [2.45, 2.75) is 18.9 Å². The topological polar surface area (TPSA) is 90.9 Å². The van der Waals surface area contributed by atoms with E-state index in [4.69, 9.17) is 0 Å². The van der Waals surface area contributed by atoms with Gasteiger partial charge in [-0.2, -0.15) is 0 Å². The fourth-order valence-corrected chi connectivity index (χ4v) is 3.11. The Bertz CT molecular complexity index is 932. The number of carbonyl (C=O) groups is 2. The number of hydrogen-bond acceptors (Lipinski definition) is 5. The summed E-state index contributed by atoms with van der Waals surface area (Å²) >= 11 is 0. The van der Waals surface area contributed by atoms with Crippen LogP contribution in [0.15, 0.2) is 42.5 Å². The van der Waals surface area contributed by atoms with Crippen molar-refractivity contribution < 1.29 is 32.6 Å². The molecule has 0 aliphatic carbocycles. The van der Waals surface area contributed by atoms with Gasteiger partial charge in [0.15, 0.2) is 0 Å². The van der Waals surface area contributed by atoms with E-state index in [0.717, 1.165) is 36.3 Å². The monoisotopic (exact) mass is 423 g/mol. The molecule has 0 saturated carbocycles. The highest BCUT2D eigenvalue weighted by Crippen LogP contribution is 2.29. The summed E-state index contributed by atoms with van der Waals surface area (Å²) in [6, 6.07) is 9.90. The molecule has 3 N–H and O–H groups in total. The first-order chi connectivity index (χ1) is 14.1. The second-order valence-corrected chi connectivity index (χ2v) is 6.81. The van der Waals surface area contributed by atoms with Crippen LogP contribution in [0.4, 0.5) is 24.5 Å². The number of aliphatic hydroxyl groups excluding tert-OH is 1. The van der Waals surface area contributed by atoms with Crippen LogP contribution in [0.1, 0.15) is 17.2 Å². The molecule has 0 saturated heterocycles. The maximum Gasteiger partial charge on any atom is 0.573 e. The van der Waals surface area contributed by atoms with E-state index in [9.17, 15) is 27.9 Å². The number of fused-ring (bicyclic) bond motifs is 1. The summed E-state index contributed by atoms with van der Waals surface area (Å²) in [6.45, 7) is 0.730. The van der Waals surface area contributed by atoms with Crippen LogP contribution in [0.25, 0.3) is 0 Å². The number of nitrogens with zero attached hydrogens (tertiary/aromatic N) is 1. The Kier molecular flexibility index (Phi) is 6.16. The summed E-state index contributed by atoms with van der Waals surface area (Å²) in [6.07, 6.45) is -4.94. The fourth-order valence-electron chi connectivity index (χ4n) is 3.11. The van der Waals surface area contributed by atoms with E-state index in [1.807, 2.05) is 19.2 Å². The minimum atomic E-state index is -4.82. The second kappa shape index (κ2) is 8.62. The summed E-state index contributed by atoms with van der Waals surface area (Å²) in [7, 11) is 1.98. The molecule has 30 heavy (non-hydrogen) atoms. The number of nitrogens with one attached hydrogen (secondary N) is 2. The zero-order chi connectivity index (χ0) is 21.9. The van der Waals surface area contributed by atoms with Crippen molar-refractivity contribution in [1.82, 2.24) is 5.32 Å². The molecule has 2 amide bonds. The summed E-state index contributed by atoms with van der Waals surface area (Å²) in [5.74, 6) is -2.44. The zero-order valence-corrected chi connectivity index (χ0v) is 16.0. The number of ether oxygens (including phenoxy) is 1. The molecule has 3 rings (SSSR count). The van der Waals surface area contributed by atoms with Gasteiger partial charge in [0.05, 0.1) is 6.10 Å². The van der Waals surface area contributed by atoms with E-state index in [1.54, 1.807) is 6.07 Å². The van der Waals surface area contributed by atoms with Crippen LogP contribution in [-0.4, -0.2) is 43.4 Å². The molecule has 1 aliphatic heterocycles. The molecule has 1 aliphatic rings. The van der Waals surface area contributed by atoms with E-state index in [1.165, 1.54) is 12.1 Å². The quantitative estimate of drug-likeness (QED) is 0.643. The van der Waals surface area contributed by atoms with Gasteiger partial charge in [0, 0.05) is 31.5 Å². The van der Waals surface area contributed by atoms with Gasteiger partial charge < -0.3 is 25.4 Å². The summed E-state index contributed by atoms with van der Waals surface area (Å²) in [5, 5.41) is 14.9. The van der Waals surface area contributed by atoms with E-state index < -0.39 is 30.0 Å². The Labute approximate surface area is 170 Å². The number of likely N-dealkylation sites (N-methyl/N-ethyl adjacent to an activating group) is 1. The molecule has 1 unspecified atom stereocenters. The lowest BCUT2D eigenvalue weighted by Crippen LogP contribution is -2.37. The van der Waals surface area contributed by atoms with Crippen LogP contribution in [-0.2, 0) is 16.0 Å². The van der Waals surface area contributed by atoms with Crippen LogP contribution in [0.3, 0.4) is 0 Å². The smallest absolute Gasteiger partial charge is 0.406 e. The van der Waals surface area contributed by atoms with Crippen molar-refractivity contribution in [2.75, 3.05) is 30.4 Å². The second-order valence-electron chi connectivity index (χ2n) is 6.81. The molecule has 2 aromatic rings. The van der Waals surface area contributed by atoms with Crippen LogP contribution >= 0.6 is 0 Å².